The Hall–Kier alpha value is -1.02. The van der Waals surface area contributed by atoms with Crippen molar-refractivity contribution in [1.82, 2.24) is 5.32 Å². The molecule has 2 heteroatoms. The molecule has 0 aliphatic heterocycles. The summed E-state index contributed by atoms with van der Waals surface area (Å²) in [5.74, 6) is 2.67. The van der Waals surface area contributed by atoms with Crippen LogP contribution in [0.15, 0.2) is 24.3 Å². The van der Waals surface area contributed by atoms with E-state index in [9.17, 15) is 0 Å². The van der Waals surface area contributed by atoms with Crippen molar-refractivity contribution in [2.45, 2.75) is 58.5 Å². The Balaban J connectivity index is 1.84. The van der Waals surface area contributed by atoms with Crippen LogP contribution in [0.1, 0.15) is 45.6 Å². The second-order valence-corrected chi connectivity index (χ2v) is 6.33. The maximum atomic E-state index is 5.20. The lowest BCUT2D eigenvalue weighted by atomic mass is 9.93. The van der Waals surface area contributed by atoms with Gasteiger partial charge in [0.1, 0.15) is 5.75 Å². The average Bonchev–Trinajstić information content (AvgIpc) is 2.80. The molecule has 0 bridgehead atoms. The second kappa shape index (κ2) is 7.12. The summed E-state index contributed by atoms with van der Waals surface area (Å²) in [4.78, 5) is 0. The van der Waals surface area contributed by atoms with Gasteiger partial charge in [0.25, 0.3) is 0 Å². The first-order valence-electron chi connectivity index (χ1n) is 8.03. The van der Waals surface area contributed by atoms with Gasteiger partial charge in [0, 0.05) is 12.1 Å². The summed E-state index contributed by atoms with van der Waals surface area (Å²) < 4.78 is 5.20. The van der Waals surface area contributed by atoms with Gasteiger partial charge < -0.3 is 10.1 Å². The van der Waals surface area contributed by atoms with E-state index in [1.807, 2.05) is 12.1 Å². The van der Waals surface area contributed by atoms with E-state index in [4.69, 9.17) is 4.74 Å². The van der Waals surface area contributed by atoms with E-state index < -0.39 is 0 Å². The van der Waals surface area contributed by atoms with Crippen LogP contribution in [0.3, 0.4) is 0 Å². The maximum absolute atomic E-state index is 5.20. The summed E-state index contributed by atoms with van der Waals surface area (Å²) in [5.41, 5.74) is 1.38. The normalized spacial score (nSPS) is 27.5. The second-order valence-electron chi connectivity index (χ2n) is 6.33. The molecule has 112 valence electrons. The Kier molecular flexibility index (Phi) is 5.47. The highest BCUT2D eigenvalue weighted by Crippen LogP contribution is 2.34. The van der Waals surface area contributed by atoms with Crippen molar-refractivity contribution in [3.63, 3.8) is 0 Å². The number of hydrogen-bond acceptors (Lipinski definition) is 2. The molecule has 0 amide bonds. The van der Waals surface area contributed by atoms with Crippen molar-refractivity contribution in [3.8, 4) is 5.75 Å². The fourth-order valence-electron chi connectivity index (χ4n) is 3.60. The predicted octanol–water partition coefficient (Wildman–Crippen LogP) is 4.04. The summed E-state index contributed by atoms with van der Waals surface area (Å²) in [6.45, 7) is 7.04. The van der Waals surface area contributed by atoms with Crippen molar-refractivity contribution in [3.05, 3.63) is 29.8 Å². The zero-order valence-electron chi connectivity index (χ0n) is 13.4. The molecule has 2 rings (SSSR count). The third-order valence-electron chi connectivity index (χ3n) is 4.95. The molecule has 0 saturated heterocycles. The van der Waals surface area contributed by atoms with Crippen LogP contribution in [0.2, 0.25) is 0 Å². The molecule has 1 aliphatic carbocycles. The van der Waals surface area contributed by atoms with Crippen molar-refractivity contribution < 1.29 is 4.74 Å². The number of ether oxygens (including phenoxy) is 1. The van der Waals surface area contributed by atoms with E-state index >= 15 is 0 Å². The molecule has 1 aromatic carbocycles. The number of nitrogens with one attached hydrogen (secondary N) is 1. The van der Waals surface area contributed by atoms with E-state index in [0.29, 0.717) is 12.1 Å². The van der Waals surface area contributed by atoms with Gasteiger partial charge in [-0.15, -0.1) is 0 Å². The largest absolute Gasteiger partial charge is 0.497 e. The maximum Gasteiger partial charge on any atom is 0.118 e. The van der Waals surface area contributed by atoms with Crippen LogP contribution in [0.4, 0.5) is 0 Å². The van der Waals surface area contributed by atoms with E-state index in [-0.39, 0.29) is 0 Å². The molecular weight excluding hydrogens is 246 g/mol. The lowest BCUT2D eigenvalue weighted by molar-refractivity contribution is 0.325. The molecular formula is C18H29NO. The van der Waals surface area contributed by atoms with Gasteiger partial charge in [-0.25, -0.2) is 0 Å². The van der Waals surface area contributed by atoms with Crippen LogP contribution < -0.4 is 10.1 Å². The molecule has 20 heavy (non-hydrogen) atoms. The number of methoxy groups -OCH3 is 1. The van der Waals surface area contributed by atoms with Gasteiger partial charge >= 0.3 is 0 Å². The molecule has 4 atom stereocenters. The van der Waals surface area contributed by atoms with Gasteiger partial charge in [-0.3, -0.25) is 0 Å². The van der Waals surface area contributed by atoms with Crippen LogP contribution in [-0.2, 0) is 6.42 Å². The van der Waals surface area contributed by atoms with Gasteiger partial charge in [-0.2, -0.15) is 0 Å². The van der Waals surface area contributed by atoms with E-state index in [1.54, 1.807) is 7.11 Å². The summed E-state index contributed by atoms with van der Waals surface area (Å²) in [7, 11) is 1.71. The average molecular weight is 275 g/mol. The number of benzene rings is 1. The molecule has 1 aliphatic rings. The minimum Gasteiger partial charge on any atom is -0.497 e. The van der Waals surface area contributed by atoms with Crippen molar-refractivity contribution in [2.24, 2.45) is 11.8 Å². The molecule has 1 fully saturated rings. The summed E-state index contributed by atoms with van der Waals surface area (Å²) in [6.07, 6.45) is 5.15. The Bertz CT molecular complexity index is 400. The Morgan fingerprint density at radius 3 is 2.50 bits per heavy atom. The van der Waals surface area contributed by atoms with Crippen molar-refractivity contribution >= 4 is 0 Å². The smallest absolute Gasteiger partial charge is 0.118 e. The number of rotatable bonds is 6. The van der Waals surface area contributed by atoms with Crippen LogP contribution in [0, 0.1) is 11.8 Å². The molecule has 0 spiro atoms. The highest BCUT2D eigenvalue weighted by Gasteiger charge is 2.31. The molecule has 2 nitrogen and oxygen atoms in total. The first-order chi connectivity index (χ1) is 9.63. The zero-order chi connectivity index (χ0) is 14.5. The van der Waals surface area contributed by atoms with E-state index in [0.717, 1.165) is 24.0 Å². The van der Waals surface area contributed by atoms with Gasteiger partial charge in [0.2, 0.25) is 0 Å². The first kappa shape index (κ1) is 15.4. The van der Waals surface area contributed by atoms with Gasteiger partial charge in [0.15, 0.2) is 0 Å². The molecule has 0 aromatic heterocycles. The lowest BCUT2D eigenvalue weighted by Crippen LogP contribution is -2.40. The summed E-state index contributed by atoms with van der Waals surface area (Å²) in [6, 6.07) is 9.67. The fraction of sp³-hybridized carbons (Fsp3) is 0.667. The number of hydrogen-bond donors (Lipinski definition) is 1. The molecule has 1 N–H and O–H groups in total. The van der Waals surface area contributed by atoms with E-state index in [1.165, 1.54) is 24.8 Å². The molecule has 1 aromatic rings. The Morgan fingerprint density at radius 1 is 1.25 bits per heavy atom. The van der Waals surface area contributed by atoms with E-state index in [2.05, 4.69) is 38.2 Å². The minimum absolute atomic E-state index is 0.534. The highest BCUT2D eigenvalue weighted by molar-refractivity contribution is 5.27. The molecule has 0 radical (unpaired) electrons. The van der Waals surface area contributed by atoms with Crippen LogP contribution >= 0.6 is 0 Å². The summed E-state index contributed by atoms with van der Waals surface area (Å²) >= 11 is 0. The molecule has 0 heterocycles. The SMILES string of the molecule is CCC1CCC(NC(C)Cc2ccc(OC)cc2)C1C. The third-order valence-corrected chi connectivity index (χ3v) is 4.95. The highest BCUT2D eigenvalue weighted by atomic mass is 16.5. The van der Waals surface area contributed by atoms with Gasteiger partial charge in [-0.05, 0) is 55.7 Å². The van der Waals surface area contributed by atoms with Crippen LogP contribution in [0.5, 0.6) is 5.75 Å². The molecule has 4 unspecified atom stereocenters. The van der Waals surface area contributed by atoms with Crippen molar-refractivity contribution in [2.75, 3.05) is 7.11 Å². The Labute approximate surface area is 123 Å². The van der Waals surface area contributed by atoms with Gasteiger partial charge in [0.05, 0.1) is 7.11 Å². The zero-order valence-corrected chi connectivity index (χ0v) is 13.4. The van der Waals surface area contributed by atoms with Crippen molar-refractivity contribution in [1.29, 1.82) is 0 Å². The van der Waals surface area contributed by atoms with Gasteiger partial charge in [-0.1, -0.05) is 32.4 Å². The fourth-order valence-corrected chi connectivity index (χ4v) is 3.60. The molecule has 1 saturated carbocycles. The topological polar surface area (TPSA) is 21.3 Å². The van der Waals surface area contributed by atoms with Crippen LogP contribution in [-0.4, -0.2) is 19.2 Å². The third kappa shape index (κ3) is 3.76. The monoisotopic (exact) mass is 275 g/mol. The predicted molar refractivity (Wildman–Crippen MR) is 85.3 cm³/mol. The quantitative estimate of drug-likeness (QED) is 0.846. The first-order valence-corrected chi connectivity index (χ1v) is 8.03. The Morgan fingerprint density at radius 2 is 1.95 bits per heavy atom. The minimum atomic E-state index is 0.534. The van der Waals surface area contributed by atoms with Crippen LogP contribution in [0.25, 0.3) is 0 Å². The lowest BCUT2D eigenvalue weighted by Gasteiger charge is -2.25. The standard InChI is InChI=1S/C18H29NO/c1-5-16-8-11-18(14(16)3)19-13(2)12-15-6-9-17(20-4)10-7-15/h6-7,9-10,13-14,16,18-19H,5,8,11-12H2,1-4H3. The summed E-state index contributed by atoms with van der Waals surface area (Å²) in [5, 5.41) is 3.84.